The van der Waals surface area contributed by atoms with Crippen LogP contribution in [0.25, 0.3) is 10.9 Å². The lowest BCUT2D eigenvalue weighted by Crippen LogP contribution is -2.50. The van der Waals surface area contributed by atoms with Crippen molar-refractivity contribution in [2.75, 3.05) is 43.4 Å². The summed E-state index contributed by atoms with van der Waals surface area (Å²) in [6, 6.07) is 6.14. The van der Waals surface area contributed by atoms with Crippen LogP contribution in [0.15, 0.2) is 28.5 Å². The molecule has 37 heavy (non-hydrogen) atoms. The lowest BCUT2D eigenvalue weighted by Gasteiger charge is -2.35. The van der Waals surface area contributed by atoms with Gasteiger partial charge in [0.2, 0.25) is 5.82 Å². The summed E-state index contributed by atoms with van der Waals surface area (Å²) in [5.41, 5.74) is 0.391. The van der Waals surface area contributed by atoms with Gasteiger partial charge in [-0.25, -0.2) is 28.2 Å². The molecule has 1 aromatic carbocycles. The third-order valence-electron chi connectivity index (χ3n) is 5.65. The lowest BCUT2D eigenvalue weighted by atomic mass is 10.2. The highest BCUT2D eigenvalue weighted by Gasteiger charge is 2.36. The fraction of sp³-hybridized carbons (Fsp3) is 0.429. The molecule has 200 valence electrons. The number of para-hydroxylation sites is 1. The van der Waals surface area contributed by atoms with Crippen LogP contribution in [-0.2, 0) is 16.2 Å². The van der Waals surface area contributed by atoms with E-state index in [1.54, 1.807) is 18.2 Å². The highest BCUT2D eigenvalue weighted by atomic mass is 32.2. The Balaban J connectivity index is 1.40. The number of hydrogen-bond acceptors (Lipinski definition) is 9. The normalized spacial score (nSPS) is 16.6. The molecule has 0 spiro atoms. The minimum atomic E-state index is -4.69. The number of fused-ring (bicyclic) bond motifs is 1. The van der Waals surface area contributed by atoms with Crippen molar-refractivity contribution in [3.8, 4) is 0 Å². The van der Waals surface area contributed by atoms with Crippen molar-refractivity contribution in [1.82, 2.24) is 24.2 Å². The van der Waals surface area contributed by atoms with Crippen LogP contribution in [0, 0.1) is 6.92 Å². The van der Waals surface area contributed by atoms with E-state index >= 15 is 0 Å². The third-order valence-corrected chi connectivity index (χ3v) is 9.20. The number of carbonyl (C=O) groups is 1. The van der Waals surface area contributed by atoms with Crippen molar-refractivity contribution in [2.45, 2.75) is 30.3 Å². The number of anilines is 2. The fourth-order valence-corrected chi connectivity index (χ4v) is 6.98. The molecule has 3 heterocycles. The van der Waals surface area contributed by atoms with Crippen molar-refractivity contribution < 1.29 is 31.5 Å². The number of halogens is 3. The van der Waals surface area contributed by atoms with Crippen LogP contribution in [0.5, 0.6) is 0 Å². The molecule has 1 aliphatic heterocycles. The van der Waals surface area contributed by atoms with Gasteiger partial charge in [0.05, 0.1) is 11.2 Å². The van der Waals surface area contributed by atoms with E-state index < -0.39 is 28.1 Å². The monoisotopic (exact) mass is 559 g/mol. The molecule has 1 atom stereocenters. The Morgan fingerprint density at radius 1 is 1.16 bits per heavy atom. The van der Waals surface area contributed by atoms with Gasteiger partial charge in [0, 0.05) is 44.2 Å². The molecule has 4 rings (SSSR count). The molecule has 1 fully saturated rings. The van der Waals surface area contributed by atoms with E-state index in [-0.39, 0.29) is 45.5 Å². The van der Waals surface area contributed by atoms with Gasteiger partial charge in [0.1, 0.15) is 5.82 Å². The van der Waals surface area contributed by atoms with Crippen LogP contribution in [0.4, 0.5) is 28.9 Å². The van der Waals surface area contributed by atoms with Crippen molar-refractivity contribution in [3.63, 3.8) is 0 Å². The first-order valence-electron chi connectivity index (χ1n) is 11.1. The van der Waals surface area contributed by atoms with Crippen LogP contribution in [0.3, 0.4) is 0 Å². The maximum Gasteiger partial charge on any atom is 0.451 e. The maximum atomic E-state index is 13.3. The van der Waals surface area contributed by atoms with Gasteiger partial charge in [0.25, 0.3) is 10.0 Å². The highest BCUT2D eigenvalue weighted by molar-refractivity contribution is 7.91. The molecule has 3 aromatic rings. The molecule has 0 radical (unpaired) electrons. The number of aryl methyl sites for hydroxylation is 1. The molecule has 2 aromatic heterocycles. The van der Waals surface area contributed by atoms with Crippen molar-refractivity contribution in [2.24, 2.45) is 0 Å². The van der Waals surface area contributed by atoms with Crippen LogP contribution >= 0.6 is 11.3 Å². The summed E-state index contributed by atoms with van der Waals surface area (Å²) in [5, 5.41) is 14.4. The smallest absolute Gasteiger partial charge is 0.451 e. The Hall–Kier alpha value is -3.08. The molecule has 3 N–H and O–H groups in total. The minimum Gasteiger partial charge on any atom is -0.465 e. The molecule has 1 aliphatic rings. The number of alkyl halides is 3. The second-order valence-electron chi connectivity index (χ2n) is 8.48. The molecule has 16 heteroatoms. The van der Waals surface area contributed by atoms with Gasteiger partial charge in [-0.15, -0.1) is 0 Å². The average molecular weight is 560 g/mol. The number of benzene rings is 1. The van der Waals surface area contributed by atoms with Crippen LogP contribution in [0.1, 0.15) is 18.4 Å². The van der Waals surface area contributed by atoms with Crippen LogP contribution in [-0.4, -0.2) is 82.5 Å². The number of thiazole rings is 1. The number of piperazine rings is 1. The Bertz CT molecular complexity index is 1410. The SMILES string of the molecule is Cc1nc(NC(=O)O)sc1S(=O)(=O)N1CCN(C[C@H](C)Nc2nc(C(F)(F)F)nc3ccccc23)CC1. The largest absolute Gasteiger partial charge is 0.465 e. The molecule has 1 saturated heterocycles. The zero-order chi connectivity index (χ0) is 27.0. The lowest BCUT2D eigenvalue weighted by molar-refractivity contribution is -0.144. The number of sulfonamides is 1. The van der Waals surface area contributed by atoms with E-state index in [0.717, 1.165) is 11.3 Å². The van der Waals surface area contributed by atoms with Crippen LogP contribution in [0.2, 0.25) is 0 Å². The molecular weight excluding hydrogens is 535 g/mol. The average Bonchev–Trinajstić information content (AvgIpc) is 3.18. The van der Waals surface area contributed by atoms with Gasteiger partial charge in [-0.2, -0.15) is 17.5 Å². The molecule has 0 bridgehead atoms. The Kier molecular flexibility index (Phi) is 7.55. The van der Waals surface area contributed by atoms with Gasteiger partial charge in [-0.1, -0.05) is 23.5 Å². The van der Waals surface area contributed by atoms with Crippen molar-refractivity contribution in [1.29, 1.82) is 0 Å². The Morgan fingerprint density at radius 2 is 1.84 bits per heavy atom. The molecular formula is C21H24F3N7O4S2. The fourth-order valence-electron chi connectivity index (χ4n) is 4.02. The first-order chi connectivity index (χ1) is 17.3. The van der Waals surface area contributed by atoms with E-state index in [4.69, 9.17) is 5.11 Å². The van der Waals surface area contributed by atoms with Crippen molar-refractivity contribution >= 4 is 49.3 Å². The zero-order valence-corrected chi connectivity index (χ0v) is 21.4. The summed E-state index contributed by atoms with van der Waals surface area (Å²) in [6.45, 7) is 4.96. The molecule has 1 amide bonds. The van der Waals surface area contributed by atoms with Gasteiger partial charge >= 0.3 is 12.3 Å². The summed E-state index contributed by atoms with van der Waals surface area (Å²) >= 11 is 0.756. The summed E-state index contributed by atoms with van der Waals surface area (Å²) in [4.78, 5) is 24.1. The Morgan fingerprint density at radius 3 is 2.49 bits per heavy atom. The first kappa shape index (κ1) is 27.0. The maximum absolute atomic E-state index is 13.3. The highest BCUT2D eigenvalue weighted by Crippen LogP contribution is 2.32. The third kappa shape index (κ3) is 6.08. The van der Waals surface area contributed by atoms with E-state index in [1.165, 1.54) is 17.3 Å². The zero-order valence-electron chi connectivity index (χ0n) is 19.8. The molecule has 11 nitrogen and oxygen atoms in total. The summed E-state index contributed by atoms with van der Waals surface area (Å²) in [7, 11) is -3.86. The number of amides is 1. The standard InChI is InChI=1S/C21H24F3N7O4S2/c1-12(25-16-14-5-3-4-6-15(14)27-18(28-16)21(22,23)24)11-30-7-9-31(10-8-30)37(34,35)17-13(2)26-19(36-17)29-20(32)33/h3-6,12H,7-11H2,1-2H3,(H,26,29)(H,32,33)(H,25,27,28)/t12-/m0/s1. The number of aromatic nitrogens is 3. The summed E-state index contributed by atoms with van der Waals surface area (Å²) < 4.78 is 67.4. The predicted octanol–water partition coefficient (Wildman–Crippen LogP) is 3.31. The number of carboxylic acid groups (broad SMARTS) is 1. The number of nitrogens with one attached hydrogen (secondary N) is 2. The van der Waals surface area contributed by atoms with Gasteiger partial charge in [-0.3, -0.25) is 10.2 Å². The number of rotatable bonds is 7. The van der Waals surface area contributed by atoms with Gasteiger partial charge in [0.15, 0.2) is 9.34 Å². The van der Waals surface area contributed by atoms with Crippen LogP contribution < -0.4 is 10.6 Å². The Labute approximate surface area is 214 Å². The van der Waals surface area contributed by atoms with E-state index in [9.17, 15) is 26.4 Å². The molecule has 0 unspecified atom stereocenters. The summed E-state index contributed by atoms with van der Waals surface area (Å²) in [6.07, 6.45) is -6.02. The predicted molar refractivity (Wildman–Crippen MR) is 131 cm³/mol. The topological polar surface area (TPSA) is 141 Å². The second kappa shape index (κ2) is 10.4. The van der Waals surface area contributed by atoms with Gasteiger partial charge < -0.3 is 10.4 Å². The van der Waals surface area contributed by atoms with E-state index in [1.807, 2.05) is 11.8 Å². The minimum absolute atomic E-state index is 0.0177. The second-order valence-corrected chi connectivity index (χ2v) is 11.6. The number of nitrogens with zero attached hydrogens (tertiary/aromatic N) is 5. The number of hydrogen-bond donors (Lipinski definition) is 3. The first-order valence-corrected chi connectivity index (χ1v) is 13.4. The molecule has 0 aliphatic carbocycles. The molecule has 0 saturated carbocycles. The van der Waals surface area contributed by atoms with E-state index in [2.05, 4.69) is 25.6 Å². The van der Waals surface area contributed by atoms with E-state index in [0.29, 0.717) is 25.0 Å². The van der Waals surface area contributed by atoms with Crippen molar-refractivity contribution in [3.05, 3.63) is 35.8 Å². The quantitative estimate of drug-likeness (QED) is 0.398. The summed E-state index contributed by atoms with van der Waals surface area (Å²) in [5.74, 6) is -1.14. The van der Waals surface area contributed by atoms with Gasteiger partial charge in [-0.05, 0) is 26.0 Å².